The molecule has 2 aromatic heterocycles. The number of likely N-dealkylation sites (tertiary alicyclic amines) is 1. The fourth-order valence-electron chi connectivity index (χ4n) is 2.57. The lowest BCUT2D eigenvalue weighted by Crippen LogP contribution is -2.33. The van der Waals surface area contributed by atoms with Gasteiger partial charge >= 0.3 is 0 Å². The highest BCUT2D eigenvalue weighted by molar-refractivity contribution is 6.30. The Bertz CT molecular complexity index is 621. The van der Waals surface area contributed by atoms with Crippen LogP contribution in [-0.2, 0) is 11.3 Å². The summed E-state index contributed by atoms with van der Waals surface area (Å²) >= 11 is 5.80. The third kappa shape index (κ3) is 2.56. The number of hydrogen-bond donors (Lipinski definition) is 0. The minimum absolute atomic E-state index is 0.00554. The van der Waals surface area contributed by atoms with Crippen LogP contribution in [0.5, 0.6) is 0 Å². The molecule has 6 nitrogen and oxygen atoms in total. The van der Waals surface area contributed by atoms with E-state index in [1.807, 2.05) is 17.9 Å². The first kappa shape index (κ1) is 13.2. The molecule has 1 fully saturated rings. The zero-order valence-electron chi connectivity index (χ0n) is 11.1. The summed E-state index contributed by atoms with van der Waals surface area (Å²) in [5.41, 5.74) is 0.826. The average molecular weight is 295 g/mol. The lowest BCUT2D eigenvalue weighted by Gasteiger charge is -2.22. The summed E-state index contributed by atoms with van der Waals surface area (Å²) in [6, 6.07) is 1.90. The summed E-state index contributed by atoms with van der Waals surface area (Å²) in [7, 11) is 0. The van der Waals surface area contributed by atoms with Crippen LogP contribution in [0, 0.1) is 6.92 Å². The fraction of sp³-hybridized carbons (Fsp3) is 0.462. The molecular formula is C13H15ClN4O2. The van der Waals surface area contributed by atoms with Crippen molar-refractivity contribution in [1.82, 2.24) is 19.8 Å². The number of hydrogen-bond acceptors (Lipinski definition) is 4. The van der Waals surface area contributed by atoms with Crippen LogP contribution in [0.3, 0.4) is 0 Å². The lowest BCUT2D eigenvalue weighted by atomic mass is 10.1. The molecule has 1 amide bonds. The van der Waals surface area contributed by atoms with E-state index in [0.717, 1.165) is 30.8 Å². The number of amides is 1. The second-order valence-electron chi connectivity index (χ2n) is 4.96. The van der Waals surface area contributed by atoms with Crippen LogP contribution in [-0.4, -0.2) is 32.3 Å². The Morgan fingerprint density at radius 3 is 3.10 bits per heavy atom. The Hall–Kier alpha value is -1.82. The van der Waals surface area contributed by atoms with Crippen molar-refractivity contribution in [2.24, 2.45) is 0 Å². The summed E-state index contributed by atoms with van der Waals surface area (Å²) in [6.07, 6.45) is 5.06. The SMILES string of the molecule is Cc1cc([C@@H]2CCCN2C(=O)Cn2cc(Cl)cn2)no1. The van der Waals surface area contributed by atoms with Gasteiger partial charge in [-0.25, -0.2) is 0 Å². The molecular weight excluding hydrogens is 280 g/mol. The van der Waals surface area contributed by atoms with Crippen molar-refractivity contribution in [2.75, 3.05) is 6.54 Å². The first-order chi connectivity index (χ1) is 9.63. The minimum atomic E-state index is 0.00554. The Labute approximate surface area is 121 Å². The summed E-state index contributed by atoms with van der Waals surface area (Å²) < 4.78 is 6.65. The number of rotatable bonds is 3. The topological polar surface area (TPSA) is 64.2 Å². The third-order valence-electron chi connectivity index (χ3n) is 3.46. The number of carbonyl (C=O) groups is 1. The predicted molar refractivity (Wildman–Crippen MR) is 72.2 cm³/mol. The van der Waals surface area contributed by atoms with Gasteiger partial charge in [0, 0.05) is 18.8 Å². The zero-order valence-corrected chi connectivity index (χ0v) is 11.9. The van der Waals surface area contributed by atoms with Gasteiger partial charge in [0.1, 0.15) is 18.0 Å². The van der Waals surface area contributed by atoms with E-state index in [1.165, 1.54) is 6.20 Å². The van der Waals surface area contributed by atoms with Crippen LogP contribution in [0.1, 0.15) is 30.3 Å². The van der Waals surface area contributed by atoms with Gasteiger partial charge in [-0.2, -0.15) is 5.10 Å². The lowest BCUT2D eigenvalue weighted by molar-refractivity contribution is -0.133. The van der Waals surface area contributed by atoms with Gasteiger partial charge in [0.25, 0.3) is 0 Å². The molecule has 0 bridgehead atoms. The number of carbonyl (C=O) groups excluding carboxylic acids is 1. The molecule has 0 N–H and O–H groups in total. The van der Waals surface area contributed by atoms with Crippen molar-refractivity contribution in [3.8, 4) is 0 Å². The second kappa shape index (κ2) is 5.28. The van der Waals surface area contributed by atoms with E-state index in [0.29, 0.717) is 5.02 Å². The van der Waals surface area contributed by atoms with E-state index >= 15 is 0 Å². The van der Waals surface area contributed by atoms with Crippen molar-refractivity contribution >= 4 is 17.5 Å². The van der Waals surface area contributed by atoms with Crippen LogP contribution < -0.4 is 0 Å². The van der Waals surface area contributed by atoms with Crippen LogP contribution in [0.25, 0.3) is 0 Å². The monoisotopic (exact) mass is 294 g/mol. The van der Waals surface area contributed by atoms with Gasteiger partial charge in [-0.1, -0.05) is 16.8 Å². The van der Waals surface area contributed by atoms with Gasteiger partial charge in [0.15, 0.2) is 0 Å². The van der Waals surface area contributed by atoms with E-state index in [-0.39, 0.29) is 18.5 Å². The molecule has 2 aromatic rings. The molecule has 0 radical (unpaired) electrons. The van der Waals surface area contributed by atoms with Crippen molar-refractivity contribution < 1.29 is 9.32 Å². The van der Waals surface area contributed by atoms with Gasteiger partial charge in [-0.15, -0.1) is 0 Å². The summed E-state index contributed by atoms with van der Waals surface area (Å²) in [6.45, 7) is 2.79. The zero-order chi connectivity index (χ0) is 14.1. The van der Waals surface area contributed by atoms with Crippen LogP contribution in [0.4, 0.5) is 0 Å². The summed E-state index contributed by atoms with van der Waals surface area (Å²) in [5, 5.41) is 8.59. The largest absolute Gasteiger partial charge is 0.361 e. The van der Waals surface area contributed by atoms with Crippen LogP contribution in [0.2, 0.25) is 5.02 Å². The maximum Gasteiger partial charge on any atom is 0.244 e. The van der Waals surface area contributed by atoms with Crippen molar-refractivity contribution in [3.05, 3.63) is 34.9 Å². The van der Waals surface area contributed by atoms with Gasteiger partial charge in [-0.3, -0.25) is 9.48 Å². The quantitative estimate of drug-likeness (QED) is 0.870. The first-order valence-electron chi connectivity index (χ1n) is 6.54. The number of aryl methyl sites for hydroxylation is 1. The highest BCUT2D eigenvalue weighted by Gasteiger charge is 2.32. The molecule has 20 heavy (non-hydrogen) atoms. The Kier molecular flexibility index (Phi) is 3.48. The predicted octanol–water partition coefficient (Wildman–Crippen LogP) is 2.20. The molecule has 1 aliphatic rings. The third-order valence-corrected chi connectivity index (χ3v) is 3.65. The standard InChI is InChI=1S/C13H15ClN4O2/c1-9-5-11(16-20-9)12-3-2-4-18(12)13(19)8-17-7-10(14)6-15-17/h5-7,12H,2-4,8H2,1H3/t12-/m0/s1. The maximum atomic E-state index is 12.4. The smallest absolute Gasteiger partial charge is 0.244 e. The normalized spacial score (nSPS) is 18.7. The van der Waals surface area contributed by atoms with E-state index in [1.54, 1.807) is 10.9 Å². The average Bonchev–Trinajstić information content (AvgIpc) is 3.09. The van der Waals surface area contributed by atoms with Gasteiger partial charge in [0.2, 0.25) is 5.91 Å². The Morgan fingerprint density at radius 2 is 2.45 bits per heavy atom. The molecule has 0 aromatic carbocycles. The summed E-state index contributed by atoms with van der Waals surface area (Å²) in [4.78, 5) is 14.2. The van der Waals surface area contributed by atoms with E-state index in [2.05, 4.69) is 10.3 Å². The maximum absolute atomic E-state index is 12.4. The molecule has 106 valence electrons. The van der Waals surface area contributed by atoms with Gasteiger partial charge in [-0.05, 0) is 19.8 Å². The summed E-state index contributed by atoms with van der Waals surface area (Å²) in [5.74, 6) is 0.783. The molecule has 0 saturated carbocycles. The number of aromatic nitrogens is 3. The minimum Gasteiger partial charge on any atom is -0.361 e. The molecule has 1 atom stereocenters. The fourth-order valence-corrected chi connectivity index (χ4v) is 2.73. The highest BCUT2D eigenvalue weighted by atomic mass is 35.5. The van der Waals surface area contributed by atoms with Gasteiger partial charge in [0.05, 0.1) is 17.3 Å². The Morgan fingerprint density at radius 1 is 1.60 bits per heavy atom. The molecule has 1 aliphatic heterocycles. The molecule has 0 spiro atoms. The van der Waals surface area contributed by atoms with Crippen LogP contribution in [0.15, 0.2) is 23.0 Å². The first-order valence-corrected chi connectivity index (χ1v) is 6.92. The van der Waals surface area contributed by atoms with E-state index in [4.69, 9.17) is 16.1 Å². The molecule has 0 unspecified atom stereocenters. The van der Waals surface area contributed by atoms with E-state index < -0.39 is 0 Å². The Balaban J connectivity index is 1.73. The second-order valence-corrected chi connectivity index (χ2v) is 5.40. The number of nitrogens with zero attached hydrogens (tertiary/aromatic N) is 4. The van der Waals surface area contributed by atoms with Crippen molar-refractivity contribution in [3.63, 3.8) is 0 Å². The molecule has 7 heteroatoms. The van der Waals surface area contributed by atoms with E-state index in [9.17, 15) is 4.79 Å². The van der Waals surface area contributed by atoms with Gasteiger partial charge < -0.3 is 9.42 Å². The highest BCUT2D eigenvalue weighted by Crippen LogP contribution is 2.31. The molecule has 3 heterocycles. The van der Waals surface area contributed by atoms with Crippen molar-refractivity contribution in [2.45, 2.75) is 32.4 Å². The van der Waals surface area contributed by atoms with Crippen LogP contribution >= 0.6 is 11.6 Å². The molecule has 3 rings (SSSR count). The molecule has 1 saturated heterocycles. The number of halogens is 1. The molecule has 0 aliphatic carbocycles. The van der Waals surface area contributed by atoms with Crippen molar-refractivity contribution in [1.29, 1.82) is 0 Å².